The molecule has 0 radical (unpaired) electrons. The Bertz CT molecular complexity index is 229. The van der Waals surface area contributed by atoms with Gasteiger partial charge in [-0.1, -0.05) is 47.0 Å². The lowest BCUT2D eigenvalue weighted by Crippen LogP contribution is -2.52. The molecule has 0 amide bonds. The van der Waals surface area contributed by atoms with Crippen LogP contribution in [0.15, 0.2) is 0 Å². The fraction of sp³-hybridized carbons (Fsp3) is 1.00. The van der Waals surface area contributed by atoms with Crippen molar-refractivity contribution in [2.45, 2.75) is 78.3 Å². The van der Waals surface area contributed by atoms with Crippen molar-refractivity contribution in [2.24, 2.45) is 11.8 Å². The molecule has 0 aromatic carbocycles. The van der Waals surface area contributed by atoms with Gasteiger partial charge >= 0.3 is 0 Å². The Hall–Kier alpha value is -0.0800. The zero-order valence-electron chi connectivity index (χ0n) is 13.9. The number of hydrogen-bond acceptors (Lipinski definition) is 2. The Morgan fingerprint density at radius 1 is 1.21 bits per heavy atom. The van der Waals surface area contributed by atoms with Crippen molar-refractivity contribution in [3.05, 3.63) is 0 Å². The van der Waals surface area contributed by atoms with E-state index in [9.17, 15) is 0 Å². The molecule has 4 unspecified atom stereocenters. The van der Waals surface area contributed by atoms with Gasteiger partial charge in [0.2, 0.25) is 0 Å². The smallest absolute Gasteiger partial charge is 0.0249 e. The summed E-state index contributed by atoms with van der Waals surface area (Å²) in [7, 11) is 2.34. The van der Waals surface area contributed by atoms with Crippen LogP contribution in [0.2, 0.25) is 0 Å². The van der Waals surface area contributed by atoms with Gasteiger partial charge in [-0.3, -0.25) is 0 Å². The minimum atomic E-state index is 0.715. The number of nitrogens with one attached hydrogen (secondary N) is 1. The zero-order valence-corrected chi connectivity index (χ0v) is 13.9. The molecule has 2 heteroatoms. The predicted octanol–water partition coefficient (Wildman–Crippen LogP) is 3.91. The Balaban J connectivity index is 2.59. The first kappa shape index (κ1) is 17.0. The van der Waals surface area contributed by atoms with Crippen molar-refractivity contribution in [3.63, 3.8) is 0 Å². The summed E-state index contributed by atoms with van der Waals surface area (Å²) < 4.78 is 0. The molecule has 1 N–H and O–H groups in total. The van der Waals surface area contributed by atoms with E-state index in [1.165, 1.54) is 45.1 Å². The summed E-state index contributed by atoms with van der Waals surface area (Å²) in [6, 6.07) is 1.46. The molecule has 19 heavy (non-hydrogen) atoms. The molecular formula is C17H36N2. The van der Waals surface area contributed by atoms with Crippen LogP contribution in [0.4, 0.5) is 0 Å². The summed E-state index contributed by atoms with van der Waals surface area (Å²) >= 11 is 0. The van der Waals surface area contributed by atoms with Crippen LogP contribution in [0.3, 0.4) is 0 Å². The summed E-state index contributed by atoms with van der Waals surface area (Å²) in [5, 5.41) is 3.73. The van der Waals surface area contributed by atoms with E-state index in [2.05, 4.69) is 45.0 Å². The minimum Gasteiger partial charge on any atom is -0.313 e. The molecule has 1 aliphatic carbocycles. The molecule has 0 saturated heterocycles. The minimum absolute atomic E-state index is 0.715. The van der Waals surface area contributed by atoms with Crippen molar-refractivity contribution in [2.75, 3.05) is 20.1 Å². The summed E-state index contributed by atoms with van der Waals surface area (Å²) in [6.45, 7) is 11.6. The topological polar surface area (TPSA) is 15.3 Å². The van der Waals surface area contributed by atoms with E-state index in [1.54, 1.807) is 0 Å². The maximum atomic E-state index is 3.73. The molecule has 0 aliphatic heterocycles. The van der Waals surface area contributed by atoms with Crippen LogP contribution in [0, 0.1) is 11.8 Å². The van der Waals surface area contributed by atoms with Crippen molar-refractivity contribution < 1.29 is 0 Å². The highest BCUT2D eigenvalue weighted by Gasteiger charge is 2.32. The van der Waals surface area contributed by atoms with E-state index in [4.69, 9.17) is 0 Å². The first-order chi connectivity index (χ1) is 9.12. The van der Waals surface area contributed by atoms with Crippen molar-refractivity contribution >= 4 is 0 Å². The SMILES string of the molecule is CCCC1CCC(NCC)C(N(C)CC(C)CC)C1. The van der Waals surface area contributed by atoms with Gasteiger partial charge in [0, 0.05) is 18.6 Å². The molecule has 1 fully saturated rings. The highest BCUT2D eigenvalue weighted by atomic mass is 15.2. The number of rotatable bonds is 8. The third-order valence-corrected chi connectivity index (χ3v) is 4.95. The van der Waals surface area contributed by atoms with E-state index >= 15 is 0 Å². The van der Waals surface area contributed by atoms with Gasteiger partial charge in [-0.15, -0.1) is 0 Å². The van der Waals surface area contributed by atoms with Gasteiger partial charge in [-0.05, 0) is 44.7 Å². The molecule has 4 atom stereocenters. The molecular weight excluding hydrogens is 232 g/mol. The van der Waals surface area contributed by atoms with Gasteiger partial charge in [0.15, 0.2) is 0 Å². The van der Waals surface area contributed by atoms with E-state index < -0.39 is 0 Å². The average molecular weight is 268 g/mol. The molecule has 1 rings (SSSR count). The summed E-state index contributed by atoms with van der Waals surface area (Å²) in [5.41, 5.74) is 0. The monoisotopic (exact) mass is 268 g/mol. The Morgan fingerprint density at radius 3 is 2.53 bits per heavy atom. The van der Waals surface area contributed by atoms with E-state index in [0.29, 0.717) is 6.04 Å². The molecule has 0 heterocycles. The third kappa shape index (κ3) is 5.43. The van der Waals surface area contributed by atoms with Gasteiger partial charge in [0.1, 0.15) is 0 Å². The van der Waals surface area contributed by atoms with Crippen molar-refractivity contribution in [1.29, 1.82) is 0 Å². The number of hydrogen-bond donors (Lipinski definition) is 1. The highest BCUT2D eigenvalue weighted by Crippen LogP contribution is 2.31. The zero-order chi connectivity index (χ0) is 14.3. The fourth-order valence-electron chi connectivity index (χ4n) is 3.65. The second-order valence-electron chi connectivity index (χ2n) is 6.65. The normalized spacial score (nSPS) is 29.7. The second-order valence-corrected chi connectivity index (χ2v) is 6.65. The Morgan fingerprint density at radius 2 is 1.95 bits per heavy atom. The lowest BCUT2D eigenvalue weighted by molar-refractivity contribution is 0.104. The molecule has 114 valence electrons. The van der Waals surface area contributed by atoms with Crippen molar-refractivity contribution in [1.82, 2.24) is 10.2 Å². The van der Waals surface area contributed by atoms with Crippen LogP contribution in [0.5, 0.6) is 0 Å². The number of nitrogens with zero attached hydrogens (tertiary/aromatic N) is 1. The number of likely N-dealkylation sites (N-methyl/N-ethyl adjacent to an activating group) is 2. The van der Waals surface area contributed by atoms with Crippen LogP contribution >= 0.6 is 0 Å². The van der Waals surface area contributed by atoms with Gasteiger partial charge in [0.25, 0.3) is 0 Å². The lowest BCUT2D eigenvalue weighted by atomic mass is 9.79. The van der Waals surface area contributed by atoms with E-state index in [0.717, 1.165) is 24.4 Å². The Kier molecular flexibility index (Phi) is 8.01. The fourth-order valence-corrected chi connectivity index (χ4v) is 3.65. The maximum Gasteiger partial charge on any atom is 0.0249 e. The van der Waals surface area contributed by atoms with Gasteiger partial charge in [-0.25, -0.2) is 0 Å². The van der Waals surface area contributed by atoms with Crippen LogP contribution in [-0.2, 0) is 0 Å². The molecule has 0 bridgehead atoms. The summed E-state index contributed by atoms with van der Waals surface area (Å²) in [4.78, 5) is 2.64. The van der Waals surface area contributed by atoms with Crippen LogP contribution in [0.1, 0.15) is 66.2 Å². The largest absolute Gasteiger partial charge is 0.313 e. The van der Waals surface area contributed by atoms with E-state index in [1.807, 2.05) is 0 Å². The summed E-state index contributed by atoms with van der Waals surface area (Å²) in [5.74, 6) is 1.78. The van der Waals surface area contributed by atoms with Gasteiger partial charge < -0.3 is 10.2 Å². The maximum absolute atomic E-state index is 3.73. The molecule has 1 saturated carbocycles. The van der Waals surface area contributed by atoms with Crippen LogP contribution < -0.4 is 5.32 Å². The quantitative estimate of drug-likeness (QED) is 0.718. The molecule has 0 aromatic rings. The second kappa shape index (κ2) is 8.97. The predicted molar refractivity (Wildman–Crippen MR) is 85.6 cm³/mol. The Labute approximate surface area is 121 Å². The molecule has 1 aliphatic rings. The molecule has 0 spiro atoms. The highest BCUT2D eigenvalue weighted by molar-refractivity contribution is 4.90. The average Bonchev–Trinajstić information content (AvgIpc) is 2.40. The third-order valence-electron chi connectivity index (χ3n) is 4.95. The lowest BCUT2D eigenvalue weighted by Gasteiger charge is -2.42. The van der Waals surface area contributed by atoms with E-state index in [-0.39, 0.29) is 0 Å². The molecule has 0 aromatic heterocycles. The van der Waals surface area contributed by atoms with Crippen molar-refractivity contribution in [3.8, 4) is 0 Å². The summed E-state index contributed by atoms with van der Waals surface area (Å²) in [6.07, 6.45) is 8.26. The van der Waals surface area contributed by atoms with Gasteiger partial charge in [0.05, 0.1) is 0 Å². The first-order valence-corrected chi connectivity index (χ1v) is 8.55. The van der Waals surface area contributed by atoms with Gasteiger partial charge in [-0.2, -0.15) is 0 Å². The first-order valence-electron chi connectivity index (χ1n) is 8.55. The standard InChI is InChI=1S/C17H36N2/c1-6-9-15-10-11-16(18-8-3)17(12-15)19(5)13-14(4)7-2/h14-18H,6-13H2,1-5H3. The van der Waals surface area contributed by atoms with Crippen LogP contribution in [-0.4, -0.2) is 37.1 Å². The molecule has 2 nitrogen and oxygen atoms in total. The van der Waals surface area contributed by atoms with Crippen LogP contribution in [0.25, 0.3) is 0 Å².